The van der Waals surface area contributed by atoms with Crippen LogP contribution in [0.15, 0.2) is 12.1 Å². The molecule has 2 N–H and O–H groups in total. The van der Waals surface area contributed by atoms with Crippen molar-refractivity contribution >= 4 is 54.7 Å². The number of thiophene rings is 1. The highest BCUT2D eigenvalue weighted by molar-refractivity contribution is 7.23. The van der Waals surface area contributed by atoms with Gasteiger partial charge in [0, 0.05) is 30.6 Å². The van der Waals surface area contributed by atoms with E-state index in [0.717, 1.165) is 50.1 Å². The number of nitrogens with two attached hydrogens (primary N) is 1. The van der Waals surface area contributed by atoms with Crippen LogP contribution in [0.2, 0.25) is 5.02 Å². The maximum atomic E-state index is 17.2. The van der Waals surface area contributed by atoms with Gasteiger partial charge in [-0.05, 0) is 56.8 Å². The summed E-state index contributed by atoms with van der Waals surface area (Å²) in [6.07, 6.45) is 2.13. The molecule has 1 unspecified atom stereocenters. The van der Waals surface area contributed by atoms with Crippen LogP contribution in [0.3, 0.4) is 0 Å². The molecule has 2 aromatic carbocycles. The van der Waals surface area contributed by atoms with Gasteiger partial charge in [0.2, 0.25) is 0 Å². The van der Waals surface area contributed by atoms with Gasteiger partial charge in [0.05, 0.1) is 38.8 Å². The Morgan fingerprint density at radius 2 is 1.92 bits per heavy atom. The fourth-order valence-corrected chi connectivity index (χ4v) is 9.37. The number of nitrogen functional groups attached to an aromatic ring is 1. The monoisotopic (exact) mass is 701 g/mol. The lowest BCUT2D eigenvalue weighted by atomic mass is 9.95. The minimum Gasteiger partial charge on any atom is -0.489 e. The second-order valence-electron chi connectivity index (χ2n) is 13.0. The molecule has 3 fully saturated rings. The zero-order chi connectivity index (χ0) is 33.3. The highest BCUT2D eigenvalue weighted by Crippen LogP contribution is 2.51. The minimum atomic E-state index is -2.47. The van der Waals surface area contributed by atoms with E-state index in [0.29, 0.717) is 38.5 Å². The van der Waals surface area contributed by atoms with E-state index in [1.54, 1.807) is 4.90 Å². The average Bonchev–Trinajstić information content (AvgIpc) is 3.66. The Kier molecular flexibility index (Phi) is 7.94. The predicted octanol–water partition coefficient (Wildman–Crippen LogP) is 6.44. The summed E-state index contributed by atoms with van der Waals surface area (Å²) >= 11 is 7.94. The maximum Gasteiger partial charge on any atom is 0.319 e. The molecular weight excluding hydrogens is 670 g/mol. The topological polar surface area (TPSA) is 104 Å². The SMILES string of the molecule is N#Cc1c(N)sc2c(F)ccc(-c3c(Cl)c4c5c(nc(OCC67CCCN6CCC7)nc5c3F)N3CCN(CC(F)F)CCC3CO4)c12. The van der Waals surface area contributed by atoms with Gasteiger partial charge in [0.25, 0.3) is 6.43 Å². The number of hydrogen-bond donors (Lipinski definition) is 1. The Balaban J connectivity index is 1.32. The summed E-state index contributed by atoms with van der Waals surface area (Å²) in [6, 6.07) is 4.30. The van der Waals surface area contributed by atoms with E-state index < -0.39 is 18.1 Å². The number of nitriles is 1. The number of nitrogens with zero attached hydrogens (tertiary/aromatic N) is 6. The number of ether oxygens (including phenoxy) is 2. The van der Waals surface area contributed by atoms with E-state index in [-0.39, 0.29) is 84.2 Å². The second kappa shape index (κ2) is 12.0. The maximum absolute atomic E-state index is 17.2. The van der Waals surface area contributed by atoms with E-state index in [1.165, 1.54) is 12.1 Å². The van der Waals surface area contributed by atoms with E-state index in [9.17, 15) is 18.4 Å². The molecule has 0 saturated carbocycles. The van der Waals surface area contributed by atoms with Crippen LogP contribution in [0.5, 0.6) is 11.8 Å². The molecule has 0 spiro atoms. The number of hydrogen-bond acceptors (Lipinski definition) is 10. The van der Waals surface area contributed by atoms with Crippen molar-refractivity contribution in [2.24, 2.45) is 0 Å². The Bertz CT molecular complexity index is 1980. The van der Waals surface area contributed by atoms with Crippen LogP contribution < -0.4 is 20.1 Å². The van der Waals surface area contributed by atoms with Gasteiger partial charge in [0.15, 0.2) is 11.6 Å². The van der Waals surface area contributed by atoms with E-state index in [2.05, 4.69) is 9.88 Å². The van der Waals surface area contributed by atoms with E-state index >= 15 is 4.39 Å². The number of anilines is 2. The van der Waals surface area contributed by atoms with Crippen LogP contribution in [0.1, 0.15) is 37.7 Å². The Morgan fingerprint density at radius 1 is 1.12 bits per heavy atom. The largest absolute Gasteiger partial charge is 0.489 e. The molecule has 4 aliphatic heterocycles. The first-order chi connectivity index (χ1) is 23.2. The van der Waals surface area contributed by atoms with Gasteiger partial charge in [-0.15, -0.1) is 11.3 Å². The second-order valence-corrected chi connectivity index (χ2v) is 14.4. The lowest BCUT2D eigenvalue weighted by Gasteiger charge is -2.32. The first-order valence-corrected chi connectivity index (χ1v) is 17.3. The summed E-state index contributed by atoms with van der Waals surface area (Å²) in [6.45, 7) is 3.21. The van der Waals surface area contributed by atoms with Gasteiger partial charge in [-0.25, -0.2) is 17.6 Å². The van der Waals surface area contributed by atoms with Crippen LogP contribution >= 0.6 is 22.9 Å². The molecule has 252 valence electrons. The molecular formula is C33H32ClF4N7O2S. The van der Waals surface area contributed by atoms with Crippen molar-refractivity contribution < 1.29 is 27.0 Å². The minimum absolute atomic E-state index is 0.0141. The zero-order valence-corrected chi connectivity index (χ0v) is 27.4. The Hall–Kier alpha value is -3.64. The van der Waals surface area contributed by atoms with Crippen LogP contribution in [0.25, 0.3) is 32.1 Å². The highest BCUT2D eigenvalue weighted by atomic mass is 35.5. The smallest absolute Gasteiger partial charge is 0.319 e. The fourth-order valence-electron chi connectivity index (χ4n) is 8.09. The van der Waals surface area contributed by atoms with Gasteiger partial charge in [0.1, 0.15) is 41.4 Å². The zero-order valence-electron chi connectivity index (χ0n) is 25.9. The van der Waals surface area contributed by atoms with Crippen molar-refractivity contribution in [3.63, 3.8) is 0 Å². The molecule has 0 amide bonds. The van der Waals surface area contributed by atoms with Crippen LogP contribution in [0, 0.1) is 23.0 Å². The van der Waals surface area contributed by atoms with Crippen molar-refractivity contribution in [2.75, 3.05) is 63.1 Å². The number of rotatable bonds is 6. The fraction of sp³-hybridized carbons (Fsp3) is 0.485. The molecule has 48 heavy (non-hydrogen) atoms. The van der Waals surface area contributed by atoms with Crippen molar-refractivity contribution in [1.29, 1.82) is 5.26 Å². The van der Waals surface area contributed by atoms with E-state index in [1.807, 2.05) is 11.0 Å². The number of benzene rings is 2. The number of aromatic nitrogens is 2. The van der Waals surface area contributed by atoms with Gasteiger partial charge >= 0.3 is 6.01 Å². The first kappa shape index (κ1) is 31.6. The number of alkyl halides is 2. The molecule has 0 radical (unpaired) electrons. The Morgan fingerprint density at radius 3 is 2.67 bits per heavy atom. The molecule has 6 heterocycles. The van der Waals surface area contributed by atoms with E-state index in [4.69, 9.17) is 31.8 Å². The van der Waals surface area contributed by atoms with Gasteiger partial charge in [-0.2, -0.15) is 15.2 Å². The molecule has 1 atom stereocenters. The van der Waals surface area contributed by atoms with Gasteiger partial charge in [-0.3, -0.25) is 9.80 Å². The quantitative estimate of drug-likeness (QED) is 0.228. The summed E-state index contributed by atoms with van der Waals surface area (Å²) in [4.78, 5) is 15.6. The highest BCUT2D eigenvalue weighted by Gasteiger charge is 2.45. The van der Waals surface area contributed by atoms with Crippen molar-refractivity contribution in [3.8, 4) is 29.0 Å². The molecule has 9 nitrogen and oxygen atoms in total. The average molecular weight is 702 g/mol. The third-order valence-electron chi connectivity index (χ3n) is 10.4. The molecule has 3 saturated heterocycles. The lowest BCUT2D eigenvalue weighted by molar-refractivity contribution is 0.0909. The van der Waals surface area contributed by atoms with Gasteiger partial charge in [-0.1, -0.05) is 17.7 Å². The molecule has 4 aromatic rings. The Labute approximate surface area is 282 Å². The molecule has 2 aromatic heterocycles. The molecule has 15 heteroatoms. The predicted molar refractivity (Wildman–Crippen MR) is 176 cm³/mol. The van der Waals surface area contributed by atoms with Crippen molar-refractivity contribution in [2.45, 2.75) is 50.1 Å². The summed E-state index contributed by atoms with van der Waals surface area (Å²) in [7, 11) is 0. The summed E-state index contributed by atoms with van der Waals surface area (Å²) in [5.74, 6) is -0.906. The molecule has 8 rings (SSSR count). The van der Waals surface area contributed by atoms with Crippen LogP contribution in [-0.4, -0.2) is 90.3 Å². The number of halogens is 5. The van der Waals surface area contributed by atoms with Crippen LogP contribution in [0.4, 0.5) is 28.4 Å². The molecule has 0 aliphatic carbocycles. The third kappa shape index (κ3) is 5.00. The van der Waals surface area contributed by atoms with Crippen molar-refractivity contribution in [3.05, 3.63) is 34.4 Å². The molecule has 4 aliphatic rings. The first-order valence-electron chi connectivity index (χ1n) is 16.1. The number of fused-ring (bicyclic) bond motifs is 4. The van der Waals surface area contributed by atoms with Gasteiger partial charge < -0.3 is 20.1 Å². The lowest BCUT2D eigenvalue weighted by Crippen LogP contribution is -2.43. The summed E-state index contributed by atoms with van der Waals surface area (Å²) in [5.41, 5.74) is 5.96. The third-order valence-corrected chi connectivity index (χ3v) is 11.8. The molecule has 0 bridgehead atoms. The van der Waals surface area contributed by atoms with Crippen LogP contribution in [-0.2, 0) is 0 Å². The normalized spacial score (nSPS) is 20.9. The standard InChI is InChI=1S/C33H32ClF4N7O2S/c34-25-23(18-3-4-20(35)29-22(18)19(13-39)30(40)48-29)26(38)27-24-28(25)46-15-17-5-10-43(14-21(36)37)11-12-45(17)31(24)42-32(41-27)47-16-33-6-1-8-44(33)9-2-7-33/h3-4,17,21H,1-2,5-12,14-16,40H2. The summed E-state index contributed by atoms with van der Waals surface area (Å²) < 4.78 is 71.6. The summed E-state index contributed by atoms with van der Waals surface area (Å²) in [5, 5.41) is 10.3. The van der Waals surface area contributed by atoms with Crippen molar-refractivity contribution in [1.82, 2.24) is 19.8 Å².